The van der Waals surface area contributed by atoms with Gasteiger partial charge in [-0.3, -0.25) is 0 Å². The van der Waals surface area contributed by atoms with Gasteiger partial charge < -0.3 is 0 Å². The van der Waals surface area contributed by atoms with Crippen molar-refractivity contribution in [2.24, 2.45) is 29.6 Å². The highest BCUT2D eigenvalue weighted by atomic mass is 14.6. The van der Waals surface area contributed by atoms with Crippen LogP contribution in [0.4, 0.5) is 0 Å². The molecule has 0 bridgehead atoms. The van der Waals surface area contributed by atoms with Crippen LogP contribution in [0.25, 0.3) is 0 Å². The van der Waals surface area contributed by atoms with Crippen molar-refractivity contribution in [3.63, 3.8) is 0 Å². The minimum atomic E-state index is 1.02. The molecule has 70 valence electrons. The van der Waals surface area contributed by atoms with E-state index in [9.17, 15) is 0 Å². The second kappa shape index (κ2) is 3.05. The van der Waals surface area contributed by atoms with Crippen molar-refractivity contribution in [1.82, 2.24) is 0 Å². The Morgan fingerprint density at radius 2 is 1.92 bits per heavy atom. The van der Waals surface area contributed by atoms with E-state index < -0.39 is 0 Å². The summed E-state index contributed by atoms with van der Waals surface area (Å²) >= 11 is 0. The van der Waals surface area contributed by atoms with Gasteiger partial charge in [-0.2, -0.15) is 0 Å². The molecule has 0 spiro atoms. The summed E-state index contributed by atoms with van der Waals surface area (Å²) < 4.78 is 0. The van der Waals surface area contributed by atoms with Crippen molar-refractivity contribution in [2.75, 3.05) is 0 Å². The van der Waals surface area contributed by atoms with Gasteiger partial charge in [0.05, 0.1) is 0 Å². The number of hydrogen-bond donors (Lipinski definition) is 0. The van der Waals surface area contributed by atoms with Crippen LogP contribution in [0.2, 0.25) is 0 Å². The Morgan fingerprint density at radius 3 is 2.42 bits per heavy atom. The molecule has 2 aliphatic rings. The average molecular weight is 166 g/mol. The predicted octanol–water partition coefficient (Wildman–Crippen LogP) is 3.71. The molecule has 5 unspecified atom stereocenters. The standard InChI is InChI=1S/C12H22/c1-4-5-8(2)11-7-12(11)10-6-9(10)3/h8-12H,4-7H2,1-3H3. The summed E-state index contributed by atoms with van der Waals surface area (Å²) in [4.78, 5) is 0. The average Bonchev–Trinajstić information content (AvgIpc) is 2.82. The summed E-state index contributed by atoms with van der Waals surface area (Å²) in [5.41, 5.74) is 0. The normalized spacial score (nSPS) is 47.2. The SMILES string of the molecule is CCCC(C)C1CC1C1CC1C. The van der Waals surface area contributed by atoms with E-state index in [-0.39, 0.29) is 0 Å². The van der Waals surface area contributed by atoms with Gasteiger partial charge in [0, 0.05) is 0 Å². The first-order valence-electron chi connectivity index (χ1n) is 5.74. The smallest absolute Gasteiger partial charge is 0.0349 e. The van der Waals surface area contributed by atoms with Crippen LogP contribution in [-0.4, -0.2) is 0 Å². The summed E-state index contributed by atoms with van der Waals surface area (Å²) in [6.45, 7) is 7.19. The van der Waals surface area contributed by atoms with Crippen LogP contribution in [-0.2, 0) is 0 Å². The van der Waals surface area contributed by atoms with Gasteiger partial charge in [0.15, 0.2) is 0 Å². The Bertz CT molecular complexity index is 161. The van der Waals surface area contributed by atoms with E-state index in [2.05, 4.69) is 20.8 Å². The van der Waals surface area contributed by atoms with E-state index in [1.165, 1.54) is 12.8 Å². The van der Waals surface area contributed by atoms with Crippen LogP contribution < -0.4 is 0 Å². The first kappa shape index (κ1) is 8.59. The van der Waals surface area contributed by atoms with E-state index in [1.54, 1.807) is 12.8 Å². The van der Waals surface area contributed by atoms with Gasteiger partial charge in [0.25, 0.3) is 0 Å². The molecule has 0 N–H and O–H groups in total. The van der Waals surface area contributed by atoms with Crippen LogP contribution in [0.15, 0.2) is 0 Å². The lowest BCUT2D eigenvalue weighted by Crippen LogP contribution is -1.99. The molecular formula is C12H22. The Kier molecular flexibility index (Phi) is 2.18. The van der Waals surface area contributed by atoms with Crippen molar-refractivity contribution >= 4 is 0 Å². The minimum absolute atomic E-state index is 1.02. The number of rotatable bonds is 4. The zero-order chi connectivity index (χ0) is 8.72. The largest absolute Gasteiger partial charge is 0.0654 e. The van der Waals surface area contributed by atoms with Crippen LogP contribution in [0.1, 0.15) is 46.5 Å². The van der Waals surface area contributed by atoms with Crippen molar-refractivity contribution in [3.8, 4) is 0 Å². The molecule has 2 fully saturated rings. The zero-order valence-corrected chi connectivity index (χ0v) is 8.72. The van der Waals surface area contributed by atoms with Gasteiger partial charge in [0.1, 0.15) is 0 Å². The summed E-state index contributed by atoms with van der Waals surface area (Å²) in [6.07, 6.45) is 5.95. The maximum Gasteiger partial charge on any atom is -0.0349 e. The van der Waals surface area contributed by atoms with Gasteiger partial charge in [-0.15, -0.1) is 0 Å². The third kappa shape index (κ3) is 1.53. The Hall–Kier alpha value is 0. The highest BCUT2D eigenvalue weighted by molar-refractivity contribution is 5.01. The molecule has 12 heavy (non-hydrogen) atoms. The fourth-order valence-corrected chi connectivity index (χ4v) is 3.00. The molecular weight excluding hydrogens is 144 g/mol. The molecule has 0 aliphatic heterocycles. The maximum atomic E-state index is 2.46. The third-order valence-electron chi connectivity index (χ3n) is 4.09. The fourth-order valence-electron chi connectivity index (χ4n) is 3.00. The summed E-state index contributed by atoms with van der Waals surface area (Å²) in [5, 5.41) is 0. The lowest BCUT2D eigenvalue weighted by molar-refractivity contribution is 0.419. The van der Waals surface area contributed by atoms with Crippen LogP contribution in [0.5, 0.6) is 0 Å². The van der Waals surface area contributed by atoms with E-state index in [1.807, 2.05) is 0 Å². The third-order valence-corrected chi connectivity index (χ3v) is 4.09. The van der Waals surface area contributed by atoms with Crippen molar-refractivity contribution in [2.45, 2.75) is 46.5 Å². The zero-order valence-electron chi connectivity index (χ0n) is 8.72. The first-order chi connectivity index (χ1) is 5.74. The lowest BCUT2D eigenvalue weighted by Gasteiger charge is -2.08. The van der Waals surface area contributed by atoms with Gasteiger partial charge in [-0.25, -0.2) is 0 Å². The Morgan fingerprint density at radius 1 is 1.25 bits per heavy atom. The van der Waals surface area contributed by atoms with Crippen LogP contribution in [0, 0.1) is 29.6 Å². The number of hydrogen-bond acceptors (Lipinski definition) is 0. The molecule has 0 aromatic heterocycles. The lowest BCUT2D eigenvalue weighted by atomic mass is 9.98. The van der Waals surface area contributed by atoms with Gasteiger partial charge in [0.2, 0.25) is 0 Å². The first-order valence-corrected chi connectivity index (χ1v) is 5.74. The quantitative estimate of drug-likeness (QED) is 0.597. The van der Waals surface area contributed by atoms with Gasteiger partial charge in [-0.1, -0.05) is 33.6 Å². The summed E-state index contributed by atoms with van der Waals surface area (Å²) in [5.74, 6) is 5.53. The van der Waals surface area contributed by atoms with Crippen LogP contribution in [0.3, 0.4) is 0 Å². The second-order valence-corrected chi connectivity index (χ2v) is 5.21. The van der Waals surface area contributed by atoms with Crippen molar-refractivity contribution in [3.05, 3.63) is 0 Å². The van der Waals surface area contributed by atoms with Gasteiger partial charge in [-0.05, 0) is 42.4 Å². The molecule has 2 saturated carbocycles. The Balaban J connectivity index is 1.72. The molecule has 0 amide bonds. The highest BCUT2D eigenvalue weighted by Gasteiger charge is 2.52. The predicted molar refractivity (Wildman–Crippen MR) is 52.9 cm³/mol. The summed E-state index contributed by atoms with van der Waals surface area (Å²) in [7, 11) is 0. The molecule has 0 aromatic carbocycles. The highest BCUT2D eigenvalue weighted by Crippen LogP contribution is 2.60. The fraction of sp³-hybridized carbons (Fsp3) is 1.00. The van der Waals surface area contributed by atoms with Crippen LogP contribution >= 0.6 is 0 Å². The molecule has 5 atom stereocenters. The Labute approximate surface area is 76.7 Å². The van der Waals surface area contributed by atoms with Crippen molar-refractivity contribution < 1.29 is 0 Å². The molecule has 0 saturated heterocycles. The molecule has 2 rings (SSSR count). The monoisotopic (exact) mass is 166 g/mol. The molecule has 2 aliphatic carbocycles. The second-order valence-electron chi connectivity index (χ2n) is 5.21. The maximum absolute atomic E-state index is 2.46. The summed E-state index contributed by atoms with van der Waals surface area (Å²) in [6, 6.07) is 0. The molecule has 0 heteroatoms. The van der Waals surface area contributed by atoms with E-state index in [0.717, 1.165) is 29.6 Å². The molecule has 0 heterocycles. The van der Waals surface area contributed by atoms with Gasteiger partial charge >= 0.3 is 0 Å². The molecule has 0 aromatic rings. The topological polar surface area (TPSA) is 0 Å². The minimum Gasteiger partial charge on any atom is -0.0654 e. The van der Waals surface area contributed by atoms with Crippen molar-refractivity contribution in [1.29, 1.82) is 0 Å². The van der Waals surface area contributed by atoms with E-state index >= 15 is 0 Å². The van der Waals surface area contributed by atoms with E-state index in [0.29, 0.717) is 0 Å². The molecule has 0 radical (unpaired) electrons. The molecule has 0 nitrogen and oxygen atoms in total. The van der Waals surface area contributed by atoms with E-state index in [4.69, 9.17) is 0 Å².